The molecule has 1 N–H and O–H groups in total. The van der Waals surface area contributed by atoms with Crippen molar-refractivity contribution < 1.29 is 14.6 Å². The number of amides is 1. The zero-order valence-corrected chi connectivity index (χ0v) is 12.9. The molecule has 1 saturated heterocycles. The van der Waals surface area contributed by atoms with Crippen molar-refractivity contribution in [2.45, 2.75) is 0 Å². The van der Waals surface area contributed by atoms with E-state index in [1.54, 1.807) is 11.0 Å². The second-order valence-corrected chi connectivity index (χ2v) is 5.70. The number of morpholine rings is 1. The van der Waals surface area contributed by atoms with E-state index in [0.29, 0.717) is 31.9 Å². The standard InChI is InChI=1S/C17H20N2O3/c1-18(2)14-4-3-12-9-13(10-16(20)15(12)11-14)17(21)19-5-7-22-8-6-19/h3-4,9-11,20H,5-8H2,1-2H3. The molecule has 22 heavy (non-hydrogen) atoms. The third-order valence-corrected chi connectivity index (χ3v) is 3.98. The second-order valence-electron chi connectivity index (χ2n) is 5.70. The predicted octanol–water partition coefficient (Wildman–Crippen LogP) is 2.08. The van der Waals surface area contributed by atoms with Crippen molar-refractivity contribution in [3.63, 3.8) is 0 Å². The summed E-state index contributed by atoms with van der Waals surface area (Å²) in [5.74, 6) is 0.0787. The number of carbonyl (C=O) groups is 1. The van der Waals surface area contributed by atoms with Crippen LogP contribution in [0.25, 0.3) is 10.8 Å². The quantitative estimate of drug-likeness (QED) is 0.922. The molecule has 5 nitrogen and oxygen atoms in total. The molecule has 0 radical (unpaired) electrons. The van der Waals surface area contributed by atoms with Gasteiger partial charge in [0.2, 0.25) is 0 Å². The molecule has 3 rings (SSSR count). The van der Waals surface area contributed by atoms with Crippen LogP contribution in [-0.4, -0.2) is 56.3 Å². The summed E-state index contributed by atoms with van der Waals surface area (Å²) in [6.07, 6.45) is 0. The van der Waals surface area contributed by atoms with E-state index in [2.05, 4.69) is 0 Å². The number of hydrogen-bond donors (Lipinski definition) is 1. The smallest absolute Gasteiger partial charge is 0.254 e. The van der Waals surface area contributed by atoms with Crippen LogP contribution in [0, 0.1) is 0 Å². The third kappa shape index (κ3) is 2.72. The SMILES string of the molecule is CN(C)c1ccc2cc(C(=O)N3CCOCC3)cc(O)c2c1. The van der Waals surface area contributed by atoms with Crippen LogP contribution in [0.5, 0.6) is 5.75 Å². The van der Waals surface area contributed by atoms with Crippen LogP contribution in [0.1, 0.15) is 10.4 Å². The molecule has 0 aliphatic carbocycles. The number of aromatic hydroxyl groups is 1. The molecule has 0 atom stereocenters. The molecule has 116 valence electrons. The van der Waals surface area contributed by atoms with Gasteiger partial charge in [0, 0.05) is 43.8 Å². The average molecular weight is 300 g/mol. The Hall–Kier alpha value is -2.27. The summed E-state index contributed by atoms with van der Waals surface area (Å²) >= 11 is 0. The molecule has 1 heterocycles. The number of hydrogen-bond acceptors (Lipinski definition) is 4. The number of fused-ring (bicyclic) bond motifs is 1. The number of benzene rings is 2. The van der Waals surface area contributed by atoms with Gasteiger partial charge in [0.05, 0.1) is 13.2 Å². The fourth-order valence-electron chi connectivity index (χ4n) is 2.68. The highest BCUT2D eigenvalue weighted by molar-refractivity contribution is 6.01. The van der Waals surface area contributed by atoms with Crippen LogP contribution < -0.4 is 4.90 Å². The fourth-order valence-corrected chi connectivity index (χ4v) is 2.68. The van der Waals surface area contributed by atoms with Gasteiger partial charge in [-0.1, -0.05) is 6.07 Å². The summed E-state index contributed by atoms with van der Waals surface area (Å²) in [5.41, 5.74) is 1.53. The van der Waals surface area contributed by atoms with E-state index in [9.17, 15) is 9.90 Å². The van der Waals surface area contributed by atoms with E-state index in [1.807, 2.05) is 43.3 Å². The molecule has 0 bridgehead atoms. The van der Waals surface area contributed by atoms with Gasteiger partial charge in [-0.05, 0) is 29.7 Å². The van der Waals surface area contributed by atoms with Crippen LogP contribution in [0.4, 0.5) is 5.69 Å². The Morgan fingerprint density at radius 3 is 2.59 bits per heavy atom. The topological polar surface area (TPSA) is 53.0 Å². The van der Waals surface area contributed by atoms with E-state index in [4.69, 9.17) is 4.74 Å². The Labute approximate surface area is 129 Å². The van der Waals surface area contributed by atoms with E-state index < -0.39 is 0 Å². The Morgan fingerprint density at radius 2 is 1.91 bits per heavy atom. The van der Waals surface area contributed by atoms with Crippen LogP contribution >= 0.6 is 0 Å². The molecule has 2 aromatic rings. The van der Waals surface area contributed by atoms with Gasteiger partial charge >= 0.3 is 0 Å². The van der Waals surface area contributed by atoms with E-state index in [1.165, 1.54) is 0 Å². The molecule has 0 unspecified atom stereocenters. The van der Waals surface area contributed by atoms with Crippen LogP contribution in [0.2, 0.25) is 0 Å². The van der Waals surface area contributed by atoms with Gasteiger partial charge in [-0.25, -0.2) is 0 Å². The van der Waals surface area contributed by atoms with Gasteiger partial charge in [-0.3, -0.25) is 4.79 Å². The van der Waals surface area contributed by atoms with Crippen molar-refractivity contribution in [2.75, 3.05) is 45.3 Å². The predicted molar refractivity (Wildman–Crippen MR) is 86.7 cm³/mol. The Balaban J connectivity index is 1.98. The number of nitrogens with zero attached hydrogens (tertiary/aromatic N) is 2. The van der Waals surface area contributed by atoms with Gasteiger partial charge in [0.15, 0.2) is 0 Å². The Morgan fingerprint density at radius 1 is 1.18 bits per heavy atom. The monoisotopic (exact) mass is 300 g/mol. The second kappa shape index (κ2) is 5.85. The number of phenolic OH excluding ortho intramolecular Hbond substituents is 1. The summed E-state index contributed by atoms with van der Waals surface area (Å²) in [6, 6.07) is 9.23. The maximum atomic E-state index is 12.5. The van der Waals surface area contributed by atoms with Gasteiger partial charge in [-0.2, -0.15) is 0 Å². The maximum Gasteiger partial charge on any atom is 0.254 e. The van der Waals surface area contributed by atoms with Crippen molar-refractivity contribution in [3.8, 4) is 5.75 Å². The normalized spacial score (nSPS) is 15.1. The van der Waals surface area contributed by atoms with Crippen LogP contribution in [0.3, 0.4) is 0 Å². The first-order valence-corrected chi connectivity index (χ1v) is 7.37. The van der Waals surface area contributed by atoms with Gasteiger partial charge in [0.25, 0.3) is 5.91 Å². The number of carbonyl (C=O) groups excluding carboxylic acids is 1. The molecule has 1 fully saturated rings. The van der Waals surface area contributed by atoms with Crippen molar-refractivity contribution in [3.05, 3.63) is 35.9 Å². The highest BCUT2D eigenvalue weighted by Gasteiger charge is 2.19. The average Bonchev–Trinajstić information content (AvgIpc) is 2.54. The summed E-state index contributed by atoms with van der Waals surface area (Å²) in [7, 11) is 3.91. The minimum Gasteiger partial charge on any atom is -0.507 e. The highest BCUT2D eigenvalue weighted by atomic mass is 16.5. The maximum absolute atomic E-state index is 12.5. The molecular formula is C17H20N2O3. The number of phenols is 1. The van der Waals surface area contributed by atoms with Gasteiger partial charge < -0.3 is 19.6 Å². The van der Waals surface area contributed by atoms with E-state index in [-0.39, 0.29) is 11.7 Å². The van der Waals surface area contributed by atoms with Crippen molar-refractivity contribution in [2.24, 2.45) is 0 Å². The first kappa shape index (κ1) is 14.7. The molecule has 5 heteroatoms. The Kier molecular flexibility index (Phi) is 3.90. The summed E-state index contributed by atoms with van der Waals surface area (Å²) in [4.78, 5) is 16.3. The third-order valence-electron chi connectivity index (χ3n) is 3.98. The molecule has 0 spiro atoms. The largest absolute Gasteiger partial charge is 0.507 e. The zero-order valence-electron chi connectivity index (χ0n) is 12.9. The lowest BCUT2D eigenvalue weighted by atomic mass is 10.0. The van der Waals surface area contributed by atoms with E-state index in [0.717, 1.165) is 16.5 Å². The van der Waals surface area contributed by atoms with Gasteiger partial charge in [0.1, 0.15) is 5.75 Å². The molecule has 1 aliphatic heterocycles. The van der Waals surface area contributed by atoms with Crippen LogP contribution in [0.15, 0.2) is 30.3 Å². The minimum absolute atomic E-state index is 0.0582. The summed E-state index contributed by atoms with van der Waals surface area (Å²) < 4.78 is 5.27. The summed E-state index contributed by atoms with van der Waals surface area (Å²) in [5, 5.41) is 11.9. The fraction of sp³-hybridized carbons (Fsp3) is 0.353. The van der Waals surface area contributed by atoms with Gasteiger partial charge in [-0.15, -0.1) is 0 Å². The number of anilines is 1. The summed E-state index contributed by atoms with van der Waals surface area (Å²) in [6.45, 7) is 2.32. The molecular weight excluding hydrogens is 280 g/mol. The first-order valence-electron chi connectivity index (χ1n) is 7.37. The minimum atomic E-state index is -0.0582. The molecule has 0 saturated carbocycles. The van der Waals surface area contributed by atoms with Crippen molar-refractivity contribution >= 4 is 22.4 Å². The van der Waals surface area contributed by atoms with E-state index >= 15 is 0 Å². The number of rotatable bonds is 2. The molecule has 2 aromatic carbocycles. The highest BCUT2D eigenvalue weighted by Crippen LogP contribution is 2.30. The lowest BCUT2D eigenvalue weighted by Gasteiger charge is -2.27. The first-order chi connectivity index (χ1) is 10.6. The molecule has 1 aliphatic rings. The lowest BCUT2D eigenvalue weighted by Crippen LogP contribution is -2.40. The Bertz CT molecular complexity index is 706. The number of ether oxygens (including phenoxy) is 1. The van der Waals surface area contributed by atoms with Crippen molar-refractivity contribution in [1.29, 1.82) is 0 Å². The molecule has 0 aromatic heterocycles. The van der Waals surface area contributed by atoms with Crippen molar-refractivity contribution in [1.82, 2.24) is 4.90 Å². The lowest BCUT2D eigenvalue weighted by molar-refractivity contribution is 0.0303. The zero-order chi connectivity index (χ0) is 15.7. The molecule has 1 amide bonds. The van der Waals surface area contributed by atoms with Crippen LogP contribution in [-0.2, 0) is 4.74 Å².